The summed E-state index contributed by atoms with van der Waals surface area (Å²) in [5.41, 5.74) is 0.364. The molecule has 2 rings (SSSR count). The van der Waals surface area contributed by atoms with Crippen molar-refractivity contribution in [2.45, 2.75) is 12.2 Å². The standard InChI is InChI=1S/C10H12ClN3OS/c1-7-6-14(2-3-16-7)10(15)8-4-13-9(11)5-12-8/h4-5,7H,2-3,6H2,1H3. The van der Waals surface area contributed by atoms with Crippen molar-refractivity contribution in [1.29, 1.82) is 0 Å². The predicted octanol–water partition coefficient (Wildman–Crippen LogP) is 1.71. The van der Waals surface area contributed by atoms with Gasteiger partial charge in [-0.15, -0.1) is 0 Å². The second-order valence-corrected chi connectivity index (χ2v) is 5.59. The van der Waals surface area contributed by atoms with Crippen LogP contribution in [0.25, 0.3) is 0 Å². The van der Waals surface area contributed by atoms with Crippen molar-refractivity contribution in [2.24, 2.45) is 0 Å². The zero-order chi connectivity index (χ0) is 11.5. The summed E-state index contributed by atoms with van der Waals surface area (Å²) in [7, 11) is 0. The molecule has 1 amide bonds. The Morgan fingerprint density at radius 1 is 1.56 bits per heavy atom. The molecule has 1 unspecified atom stereocenters. The molecule has 0 saturated carbocycles. The van der Waals surface area contributed by atoms with Crippen LogP contribution in [-0.2, 0) is 0 Å². The Morgan fingerprint density at radius 3 is 3.00 bits per heavy atom. The topological polar surface area (TPSA) is 46.1 Å². The lowest BCUT2D eigenvalue weighted by Gasteiger charge is -2.30. The summed E-state index contributed by atoms with van der Waals surface area (Å²) in [5, 5.41) is 0.789. The number of thioether (sulfide) groups is 1. The van der Waals surface area contributed by atoms with Gasteiger partial charge >= 0.3 is 0 Å². The molecular weight excluding hydrogens is 246 g/mol. The number of nitrogens with zero attached hydrogens (tertiary/aromatic N) is 3. The normalized spacial score (nSPS) is 20.9. The van der Waals surface area contributed by atoms with E-state index in [9.17, 15) is 4.79 Å². The maximum absolute atomic E-state index is 12.0. The lowest BCUT2D eigenvalue weighted by molar-refractivity contribution is 0.0757. The fraction of sp³-hybridized carbons (Fsp3) is 0.500. The summed E-state index contributed by atoms with van der Waals surface area (Å²) in [6.07, 6.45) is 2.83. The molecule has 1 aliphatic heterocycles. The molecule has 0 spiro atoms. The van der Waals surface area contributed by atoms with Crippen LogP contribution in [0.15, 0.2) is 12.4 Å². The van der Waals surface area contributed by atoms with Gasteiger partial charge in [-0.1, -0.05) is 18.5 Å². The van der Waals surface area contributed by atoms with E-state index in [0.29, 0.717) is 16.1 Å². The van der Waals surface area contributed by atoms with Crippen molar-refractivity contribution in [1.82, 2.24) is 14.9 Å². The highest BCUT2D eigenvalue weighted by molar-refractivity contribution is 7.99. The first-order valence-electron chi connectivity index (χ1n) is 5.05. The summed E-state index contributed by atoms with van der Waals surface area (Å²) in [6.45, 7) is 3.67. The van der Waals surface area contributed by atoms with E-state index in [4.69, 9.17) is 11.6 Å². The molecule has 1 aliphatic rings. The number of hydrogen-bond acceptors (Lipinski definition) is 4. The van der Waals surface area contributed by atoms with Crippen LogP contribution in [-0.4, -0.2) is 44.9 Å². The van der Waals surface area contributed by atoms with Crippen molar-refractivity contribution in [2.75, 3.05) is 18.8 Å². The van der Waals surface area contributed by atoms with E-state index in [-0.39, 0.29) is 5.91 Å². The van der Waals surface area contributed by atoms with Crippen LogP contribution < -0.4 is 0 Å². The van der Waals surface area contributed by atoms with Gasteiger partial charge in [0.05, 0.1) is 12.4 Å². The Hall–Kier alpha value is -0.810. The highest BCUT2D eigenvalue weighted by Gasteiger charge is 2.23. The fourth-order valence-corrected chi connectivity index (χ4v) is 2.70. The number of hydrogen-bond donors (Lipinski definition) is 0. The molecule has 1 fully saturated rings. The van der Waals surface area contributed by atoms with Gasteiger partial charge in [-0.2, -0.15) is 11.8 Å². The molecular formula is C10H12ClN3OS. The average Bonchev–Trinajstić information content (AvgIpc) is 2.29. The molecule has 0 N–H and O–H groups in total. The number of carbonyl (C=O) groups is 1. The van der Waals surface area contributed by atoms with Gasteiger partial charge in [-0.05, 0) is 0 Å². The molecule has 1 atom stereocenters. The highest BCUT2D eigenvalue weighted by Crippen LogP contribution is 2.19. The maximum Gasteiger partial charge on any atom is 0.274 e. The first kappa shape index (κ1) is 11.7. The second-order valence-electron chi connectivity index (χ2n) is 3.66. The van der Waals surface area contributed by atoms with Gasteiger partial charge in [0, 0.05) is 24.1 Å². The predicted molar refractivity (Wildman–Crippen MR) is 64.9 cm³/mol. The smallest absolute Gasteiger partial charge is 0.274 e. The minimum atomic E-state index is -0.0590. The van der Waals surface area contributed by atoms with Crippen molar-refractivity contribution in [3.05, 3.63) is 23.2 Å². The quantitative estimate of drug-likeness (QED) is 0.768. The first-order chi connectivity index (χ1) is 7.66. The molecule has 86 valence electrons. The SMILES string of the molecule is CC1CN(C(=O)c2cnc(Cl)cn2)CCS1. The number of rotatable bonds is 1. The van der Waals surface area contributed by atoms with E-state index in [1.54, 1.807) is 0 Å². The van der Waals surface area contributed by atoms with Crippen LogP contribution in [0.2, 0.25) is 5.15 Å². The monoisotopic (exact) mass is 257 g/mol. The Kier molecular flexibility index (Phi) is 3.66. The minimum absolute atomic E-state index is 0.0590. The van der Waals surface area contributed by atoms with Crippen molar-refractivity contribution in [3.63, 3.8) is 0 Å². The molecule has 4 nitrogen and oxygen atoms in total. The highest BCUT2D eigenvalue weighted by atomic mass is 35.5. The molecule has 0 radical (unpaired) electrons. The summed E-state index contributed by atoms with van der Waals surface area (Å²) < 4.78 is 0. The van der Waals surface area contributed by atoms with E-state index in [2.05, 4.69) is 16.9 Å². The molecule has 0 aromatic carbocycles. The van der Waals surface area contributed by atoms with Gasteiger partial charge in [-0.25, -0.2) is 9.97 Å². The van der Waals surface area contributed by atoms with Gasteiger partial charge in [0.1, 0.15) is 10.8 Å². The Morgan fingerprint density at radius 2 is 2.38 bits per heavy atom. The van der Waals surface area contributed by atoms with Crippen LogP contribution in [0.3, 0.4) is 0 Å². The van der Waals surface area contributed by atoms with E-state index in [0.717, 1.165) is 18.8 Å². The van der Waals surface area contributed by atoms with Gasteiger partial charge in [0.2, 0.25) is 0 Å². The second kappa shape index (κ2) is 5.01. The molecule has 6 heteroatoms. The Bertz CT molecular complexity index is 384. The summed E-state index contributed by atoms with van der Waals surface area (Å²) in [6, 6.07) is 0. The van der Waals surface area contributed by atoms with Crippen LogP contribution >= 0.6 is 23.4 Å². The summed E-state index contributed by atoms with van der Waals surface area (Å²) in [4.78, 5) is 21.7. The molecule has 1 aromatic rings. The number of carbonyl (C=O) groups excluding carboxylic acids is 1. The number of halogens is 1. The van der Waals surface area contributed by atoms with Crippen LogP contribution in [0.4, 0.5) is 0 Å². The van der Waals surface area contributed by atoms with Crippen molar-refractivity contribution >= 4 is 29.3 Å². The third-order valence-corrected chi connectivity index (χ3v) is 3.70. The zero-order valence-electron chi connectivity index (χ0n) is 8.89. The Balaban J connectivity index is 2.09. The van der Waals surface area contributed by atoms with Crippen molar-refractivity contribution < 1.29 is 4.79 Å². The average molecular weight is 258 g/mol. The van der Waals surface area contributed by atoms with Gasteiger partial charge < -0.3 is 4.90 Å². The molecule has 0 aliphatic carbocycles. The number of aromatic nitrogens is 2. The fourth-order valence-electron chi connectivity index (χ4n) is 1.59. The van der Waals surface area contributed by atoms with Gasteiger partial charge in [0.25, 0.3) is 5.91 Å². The zero-order valence-corrected chi connectivity index (χ0v) is 10.5. The van der Waals surface area contributed by atoms with E-state index in [1.165, 1.54) is 12.4 Å². The van der Waals surface area contributed by atoms with Crippen LogP contribution in [0.5, 0.6) is 0 Å². The summed E-state index contributed by atoms with van der Waals surface area (Å²) >= 11 is 7.51. The third kappa shape index (κ3) is 2.65. The Labute approximate surface area is 103 Å². The van der Waals surface area contributed by atoms with E-state index < -0.39 is 0 Å². The first-order valence-corrected chi connectivity index (χ1v) is 6.48. The summed E-state index contributed by atoms with van der Waals surface area (Å²) in [5.74, 6) is 0.921. The molecule has 0 bridgehead atoms. The largest absolute Gasteiger partial charge is 0.335 e. The van der Waals surface area contributed by atoms with Crippen LogP contribution in [0, 0.1) is 0 Å². The molecule has 16 heavy (non-hydrogen) atoms. The lowest BCUT2D eigenvalue weighted by Crippen LogP contribution is -2.41. The molecule has 1 saturated heterocycles. The van der Waals surface area contributed by atoms with Crippen molar-refractivity contribution in [3.8, 4) is 0 Å². The van der Waals surface area contributed by atoms with Gasteiger partial charge in [0.15, 0.2) is 0 Å². The third-order valence-electron chi connectivity index (χ3n) is 2.37. The number of amides is 1. The van der Waals surface area contributed by atoms with Crippen LogP contribution in [0.1, 0.15) is 17.4 Å². The minimum Gasteiger partial charge on any atom is -0.335 e. The van der Waals surface area contributed by atoms with Gasteiger partial charge in [-0.3, -0.25) is 4.79 Å². The maximum atomic E-state index is 12.0. The van der Waals surface area contributed by atoms with E-state index in [1.807, 2.05) is 16.7 Å². The van der Waals surface area contributed by atoms with E-state index >= 15 is 0 Å². The molecule has 2 heterocycles. The lowest BCUT2D eigenvalue weighted by atomic mass is 10.3. The molecule has 1 aromatic heterocycles.